The Morgan fingerprint density at radius 3 is 2.93 bits per heavy atom. The summed E-state index contributed by atoms with van der Waals surface area (Å²) in [6.45, 7) is 2.98. The van der Waals surface area contributed by atoms with E-state index in [4.69, 9.17) is 10.5 Å². The molecule has 0 aliphatic carbocycles. The number of rotatable bonds is 7. The highest BCUT2D eigenvalue weighted by atomic mass is 16.5. The Kier molecular flexibility index (Phi) is 8.84. The third-order valence-corrected chi connectivity index (χ3v) is 1.93. The summed E-state index contributed by atoms with van der Waals surface area (Å²) in [5, 5.41) is 2.74. The first-order valence-corrected chi connectivity index (χ1v) is 5.14. The summed E-state index contributed by atoms with van der Waals surface area (Å²) in [5.41, 5.74) is 5.67. The average Bonchev–Trinajstić information content (AvgIpc) is 2.24. The van der Waals surface area contributed by atoms with Gasteiger partial charge in [0.25, 0.3) is 0 Å². The van der Waals surface area contributed by atoms with Crippen molar-refractivity contribution in [3.63, 3.8) is 0 Å². The molecular formula is C11H20N2O2. The fraction of sp³-hybridized carbons (Fsp3) is 0.727. The van der Waals surface area contributed by atoms with Crippen LogP contribution in [0.3, 0.4) is 0 Å². The molecule has 0 aromatic rings. The number of hydrogen-bond donors (Lipinski definition) is 2. The minimum atomic E-state index is -0.435. The topological polar surface area (TPSA) is 64.4 Å². The lowest BCUT2D eigenvalue weighted by Gasteiger charge is -2.10. The number of carbonyl (C=O) groups is 1. The Morgan fingerprint density at radius 1 is 1.60 bits per heavy atom. The van der Waals surface area contributed by atoms with Crippen LogP contribution in [0.5, 0.6) is 0 Å². The molecule has 0 heterocycles. The van der Waals surface area contributed by atoms with Crippen molar-refractivity contribution in [2.24, 2.45) is 5.73 Å². The molecule has 0 rings (SSSR count). The van der Waals surface area contributed by atoms with Crippen molar-refractivity contribution in [2.75, 3.05) is 20.3 Å². The van der Waals surface area contributed by atoms with Gasteiger partial charge in [0.1, 0.15) is 0 Å². The quantitative estimate of drug-likeness (QED) is 0.470. The Bertz CT molecular complexity index is 230. The third-order valence-electron chi connectivity index (χ3n) is 1.93. The van der Waals surface area contributed by atoms with Crippen molar-refractivity contribution in [1.29, 1.82) is 0 Å². The van der Waals surface area contributed by atoms with Crippen molar-refractivity contribution in [2.45, 2.75) is 32.2 Å². The summed E-state index contributed by atoms with van der Waals surface area (Å²) in [6, 6.07) is -0.435. The van der Waals surface area contributed by atoms with E-state index in [1.165, 1.54) is 0 Å². The average molecular weight is 212 g/mol. The SMILES string of the molecule is CC#CCCNC(=O)C(N)CCCOC. The lowest BCUT2D eigenvalue weighted by Crippen LogP contribution is -2.40. The molecule has 4 nitrogen and oxygen atoms in total. The van der Waals surface area contributed by atoms with Gasteiger partial charge in [-0.2, -0.15) is 0 Å². The smallest absolute Gasteiger partial charge is 0.236 e. The number of hydrogen-bond acceptors (Lipinski definition) is 3. The van der Waals surface area contributed by atoms with Crippen LogP contribution in [0.2, 0.25) is 0 Å². The molecule has 86 valence electrons. The van der Waals surface area contributed by atoms with Gasteiger partial charge in [0.15, 0.2) is 0 Å². The molecule has 0 saturated heterocycles. The van der Waals surface area contributed by atoms with Gasteiger partial charge >= 0.3 is 0 Å². The van der Waals surface area contributed by atoms with Gasteiger partial charge in [0.2, 0.25) is 5.91 Å². The molecule has 1 amide bonds. The summed E-state index contributed by atoms with van der Waals surface area (Å²) >= 11 is 0. The van der Waals surface area contributed by atoms with Gasteiger partial charge in [-0.05, 0) is 19.8 Å². The van der Waals surface area contributed by atoms with E-state index < -0.39 is 6.04 Å². The number of methoxy groups -OCH3 is 1. The first-order valence-electron chi connectivity index (χ1n) is 5.14. The van der Waals surface area contributed by atoms with Crippen LogP contribution in [0.4, 0.5) is 0 Å². The largest absolute Gasteiger partial charge is 0.385 e. The molecule has 0 spiro atoms. The second-order valence-corrected chi connectivity index (χ2v) is 3.21. The van der Waals surface area contributed by atoms with Crippen molar-refractivity contribution >= 4 is 5.91 Å². The molecule has 3 N–H and O–H groups in total. The first kappa shape index (κ1) is 13.9. The van der Waals surface area contributed by atoms with Gasteiger partial charge in [-0.1, -0.05) is 0 Å². The lowest BCUT2D eigenvalue weighted by atomic mass is 10.1. The molecule has 1 unspecified atom stereocenters. The monoisotopic (exact) mass is 212 g/mol. The molecule has 1 atom stereocenters. The normalized spacial score (nSPS) is 11.4. The number of nitrogens with two attached hydrogens (primary N) is 1. The fourth-order valence-corrected chi connectivity index (χ4v) is 1.08. The van der Waals surface area contributed by atoms with Crippen molar-refractivity contribution in [3.05, 3.63) is 0 Å². The molecule has 0 aliphatic heterocycles. The maximum absolute atomic E-state index is 11.4. The van der Waals surface area contributed by atoms with Gasteiger partial charge in [-0.15, -0.1) is 11.8 Å². The number of ether oxygens (including phenoxy) is 1. The number of amides is 1. The van der Waals surface area contributed by atoms with Crippen LogP contribution >= 0.6 is 0 Å². The summed E-state index contributed by atoms with van der Waals surface area (Å²) in [6.07, 6.45) is 2.13. The third kappa shape index (κ3) is 7.98. The molecule has 15 heavy (non-hydrogen) atoms. The Labute approximate surface area is 91.6 Å². The first-order chi connectivity index (χ1) is 7.22. The number of carbonyl (C=O) groups excluding carboxylic acids is 1. The molecule has 4 heteroatoms. The summed E-state index contributed by atoms with van der Waals surface area (Å²) in [4.78, 5) is 11.4. The summed E-state index contributed by atoms with van der Waals surface area (Å²) in [5.74, 6) is 5.53. The second-order valence-electron chi connectivity index (χ2n) is 3.21. The van der Waals surface area contributed by atoms with Crippen LogP contribution < -0.4 is 11.1 Å². The molecule has 0 saturated carbocycles. The van der Waals surface area contributed by atoms with Crippen molar-refractivity contribution in [1.82, 2.24) is 5.32 Å². The van der Waals surface area contributed by atoms with Crippen LogP contribution in [-0.4, -0.2) is 32.2 Å². The predicted molar refractivity (Wildman–Crippen MR) is 60.2 cm³/mol. The van der Waals surface area contributed by atoms with Crippen LogP contribution in [0, 0.1) is 11.8 Å². The molecule has 0 aromatic heterocycles. The molecule has 0 bridgehead atoms. The fourth-order valence-electron chi connectivity index (χ4n) is 1.08. The molecule has 0 aliphatic rings. The Hall–Kier alpha value is -1.05. The lowest BCUT2D eigenvalue weighted by molar-refractivity contribution is -0.122. The second kappa shape index (κ2) is 9.50. The predicted octanol–water partition coefficient (Wildman–Crippen LogP) is 0.270. The van der Waals surface area contributed by atoms with Gasteiger partial charge in [0.05, 0.1) is 6.04 Å². The zero-order valence-corrected chi connectivity index (χ0v) is 9.51. The van der Waals surface area contributed by atoms with Gasteiger partial charge in [-0.3, -0.25) is 4.79 Å². The van der Waals surface area contributed by atoms with Gasteiger partial charge in [0, 0.05) is 26.7 Å². The van der Waals surface area contributed by atoms with Gasteiger partial charge < -0.3 is 15.8 Å². The van der Waals surface area contributed by atoms with Crippen molar-refractivity contribution < 1.29 is 9.53 Å². The Morgan fingerprint density at radius 2 is 2.33 bits per heavy atom. The van der Waals surface area contributed by atoms with E-state index in [1.54, 1.807) is 14.0 Å². The summed E-state index contributed by atoms with van der Waals surface area (Å²) in [7, 11) is 1.63. The zero-order chi connectivity index (χ0) is 11.5. The van der Waals surface area contributed by atoms with Crippen LogP contribution in [0.1, 0.15) is 26.2 Å². The van der Waals surface area contributed by atoms with Crippen LogP contribution in [0.25, 0.3) is 0 Å². The maximum atomic E-state index is 11.4. The Balaban J connectivity index is 3.54. The zero-order valence-electron chi connectivity index (χ0n) is 9.51. The summed E-state index contributed by atoms with van der Waals surface area (Å²) < 4.78 is 4.88. The van der Waals surface area contributed by atoms with E-state index in [0.29, 0.717) is 26.0 Å². The molecule has 0 aromatic carbocycles. The molecule has 0 radical (unpaired) electrons. The highest BCUT2D eigenvalue weighted by Gasteiger charge is 2.11. The minimum absolute atomic E-state index is 0.107. The highest BCUT2D eigenvalue weighted by Crippen LogP contribution is 1.94. The van der Waals surface area contributed by atoms with Crippen LogP contribution in [-0.2, 0) is 9.53 Å². The minimum Gasteiger partial charge on any atom is -0.385 e. The molecule has 0 fully saturated rings. The van der Waals surface area contributed by atoms with E-state index in [9.17, 15) is 4.79 Å². The van der Waals surface area contributed by atoms with Crippen molar-refractivity contribution in [3.8, 4) is 11.8 Å². The van der Waals surface area contributed by atoms with E-state index in [-0.39, 0.29) is 5.91 Å². The standard InChI is InChI=1S/C11H20N2O2/c1-3-4-5-8-13-11(14)10(12)7-6-9-15-2/h10H,5-9,12H2,1-2H3,(H,13,14). The van der Waals surface area contributed by atoms with E-state index in [1.807, 2.05) is 0 Å². The van der Waals surface area contributed by atoms with Crippen LogP contribution in [0.15, 0.2) is 0 Å². The van der Waals surface area contributed by atoms with E-state index in [2.05, 4.69) is 17.2 Å². The maximum Gasteiger partial charge on any atom is 0.236 e. The number of nitrogens with one attached hydrogen (secondary N) is 1. The molecular weight excluding hydrogens is 192 g/mol. The highest BCUT2D eigenvalue weighted by molar-refractivity contribution is 5.81. The van der Waals surface area contributed by atoms with Gasteiger partial charge in [-0.25, -0.2) is 0 Å². The van der Waals surface area contributed by atoms with E-state index in [0.717, 1.165) is 6.42 Å². The van der Waals surface area contributed by atoms with E-state index >= 15 is 0 Å².